The van der Waals surface area contributed by atoms with Crippen LogP contribution in [0.2, 0.25) is 0 Å². The molecule has 3 N–H and O–H groups in total. The van der Waals surface area contributed by atoms with Gasteiger partial charge in [-0.05, 0) is 31.2 Å². The number of carboxylic acid groups (broad SMARTS) is 1. The maximum absolute atomic E-state index is 14.2. The fourth-order valence-corrected chi connectivity index (χ4v) is 4.03. The van der Waals surface area contributed by atoms with E-state index in [1.54, 1.807) is 32.0 Å². The first-order chi connectivity index (χ1) is 14.1. The first-order valence-electron chi connectivity index (χ1n) is 9.00. The molecule has 0 aliphatic rings. The molecule has 1 atom stereocenters. The maximum atomic E-state index is 14.2. The highest BCUT2D eigenvalue weighted by molar-refractivity contribution is 7.89. The molecule has 8 nitrogen and oxygen atoms in total. The maximum Gasteiger partial charge on any atom is 0.337 e. The highest BCUT2D eigenvalue weighted by atomic mass is 32.2. The molecule has 30 heavy (non-hydrogen) atoms. The second-order valence-electron chi connectivity index (χ2n) is 6.52. The van der Waals surface area contributed by atoms with Gasteiger partial charge in [-0.2, -0.15) is 0 Å². The fraction of sp³-hybridized carbons (Fsp3) is 0.200. The summed E-state index contributed by atoms with van der Waals surface area (Å²) in [6.07, 6.45) is 0. The summed E-state index contributed by atoms with van der Waals surface area (Å²) in [5, 5.41) is 11.6. The quantitative estimate of drug-likeness (QED) is 0.522. The van der Waals surface area contributed by atoms with E-state index in [0.717, 1.165) is 18.2 Å². The van der Waals surface area contributed by atoms with E-state index in [1.165, 1.54) is 6.07 Å². The third-order valence-electron chi connectivity index (χ3n) is 4.39. The van der Waals surface area contributed by atoms with Crippen LogP contribution >= 0.6 is 0 Å². The lowest BCUT2D eigenvalue weighted by Gasteiger charge is -2.19. The Hall–Kier alpha value is -3.24. The minimum atomic E-state index is -4.06. The van der Waals surface area contributed by atoms with Crippen molar-refractivity contribution in [2.45, 2.75) is 25.0 Å². The number of aromatic carboxylic acids is 1. The molecular weight excluding hydrogens is 415 g/mol. The number of para-hydroxylation sites is 1. The topological polar surface area (TPSA) is 126 Å². The van der Waals surface area contributed by atoms with Gasteiger partial charge in [0, 0.05) is 23.9 Å². The normalized spacial score (nSPS) is 12.6. The van der Waals surface area contributed by atoms with Gasteiger partial charge in [-0.1, -0.05) is 19.1 Å². The molecule has 10 heteroatoms. The van der Waals surface area contributed by atoms with Crippen molar-refractivity contribution in [1.29, 1.82) is 0 Å². The summed E-state index contributed by atoms with van der Waals surface area (Å²) in [4.78, 5) is 23.9. The zero-order chi connectivity index (χ0) is 22.1. The van der Waals surface area contributed by atoms with Crippen LogP contribution < -0.4 is 15.5 Å². The third-order valence-corrected chi connectivity index (χ3v) is 5.79. The number of anilines is 1. The molecule has 0 saturated carbocycles. The van der Waals surface area contributed by atoms with E-state index < -0.39 is 38.4 Å². The Morgan fingerprint density at radius 3 is 2.60 bits per heavy atom. The van der Waals surface area contributed by atoms with Gasteiger partial charge in [0.25, 0.3) is 10.0 Å². The van der Waals surface area contributed by atoms with E-state index >= 15 is 0 Å². The van der Waals surface area contributed by atoms with E-state index in [0.29, 0.717) is 0 Å². The molecular formula is C20H19FN2O6S. The molecule has 0 aliphatic heterocycles. The van der Waals surface area contributed by atoms with Gasteiger partial charge < -0.3 is 14.8 Å². The van der Waals surface area contributed by atoms with E-state index in [4.69, 9.17) is 4.42 Å². The minimum Gasteiger partial charge on any atom is -0.478 e. The van der Waals surface area contributed by atoms with Gasteiger partial charge in [-0.15, -0.1) is 0 Å². The van der Waals surface area contributed by atoms with Crippen LogP contribution in [-0.2, 0) is 10.0 Å². The van der Waals surface area contributed by atoms with E-state index in [2.05, 4.69) is 10.0 Å². The molecule has 0 amide bonds. The van der Waals surface area contributed by atoms with E-state index in [1.807, 2.05) is 0 Å². The van der Waals surface area contributed by atoms with Gasteiger partial charge in [-0.3, -0.25) is 4.79 Å². The second kappa shape index (κ2) is 8.25. The Kier molecular flexibility index (Phi) is 5.90. The number of halogens is 1. The zero-order valence-corrected chi connectivity index (χ0v) is 16.9. The molecule has 1 aromatic heterocycles. The Morgan fingerprint density at radius 1 is 1.23 bits per heavy atom. The van der Waals surface area contributed by atoms with Crippen molar-refractivity contribution >= 4 is 32.6 Å². The lowest BCUT2D eigenvalue weighted by molar-refractivity contribution is 0.0698. The smallest absolute Gasteiger partial charge is 0.337 e. The van der Waals surface area contributed by atoms with Crippen molar-refractivity contribution in [1.82, 2.24) is 4.72 Å². The highest BCUT2D eigenvalue weighted by Gasteiger charge is 2.22. The monoisotopic (exact) mass is 434 g/mol. The number of rotatable bonds is 7. The number of fused-ring (bicyclic) bond motifs is 1. The van der Waals surface area contributed by atoms with Crippen LogP contribution in [0, 0.1) is 5.82 Å². The van der Waals surface area contributed by atoms with Gasteiger partial charge in [0.1, 0.15) is 11.4 Å². The summed E-state index contributed by atoms with van der Waals surface area (Å²) in [5.41, 5.74) is -0.383. The summed E-state index contributed by atoms with van der Waals surface area (Å²) in [7, 11) is -4.06. The third kappa shape index (κ3) is 4.19. The molecule has 0 saturated heterocycles. The molecule has 0 spiro atoms. The average molecular weight is 434 g/mol. The average Bonchev–Trinajstić information content (AvgIpc) is 2.68. The molecule has 1 heterocycles. The van der Waals surface area contributed by atoms with Gasteiger partial charge >= 0.3 is 5.97 Å². The first-order valence-corrected chi connectivity index (χ1v) is 10.5. The van der Waals surface area contributed by atoms with Crippen LogP contribution in [0.15, 0.2) is 56.8 Å². The first kappa shape index (κ1) is 21.5. The molecule has 0 fully saturated rings. The molecule has 0 radical (unpaired) electrons. The molecule has 3 rings (SSSR count). The summed E-state index contributed by atoms with van der Waals surface area (Å²) >= 11 is 0. The van der Waals surface area contributed by atoms with E-state index in [9.17, 15) is 27.5 Å². The Morgan fingerprint density at radius 2 is 1.93 bits per heavy atom. The summed E-state index contributed by atoms with van der Waals surface area (Å²) in [5.74, 6) is -1.87. The number of hydrogen-bond acceptors (Lipinski definition) is 6. The van der Waals surface area contributed by atoms with Crippen LogP contribution in [0.4, 0.5) is 10.1 Å². The Bertz CT molecular complexity index is 1290. The van der Waals surface area contributed by atoms with Gasteiger partial charge in [-0.25, -0.2) is 22.3 Å². The lowest BCUT2D eigenvalue weighted by Crippen LogP contribution is -2.24. The van der Waals surface area contributed by atoms with Crippen LogP contribution in [0.1, 0.15) is 35.8 Å². The van der Waals surface area contributed by atoms with Crippen LogP contribution in [0.25, 0.3) is 11.0 Å². The molecule has 3 aromatic rings. The predicted octanol–water partition coefficient (Wildman–Crippen LogP) is 3.10. The van der Waals surface area contributed by atoms with Crippen LogP contribution in [0.5, 0.6) is 0 Å². The largest absolute Gasteiger partial charge is 0.478 e. The SMILES string of the molecule is CCNS(=O)(=O)c1cc(=O)c2cc(F)cc(C(C)Nc3ccccc3C(=O)O)c2o1. The van der Waals surface area contributed by atoms with Crippen molar-refractivity contribution in [3.05, 3.63) is 69.6 Å². The number of hydrogen-bond donors (Lipinski definition) is 3. The minimum absolute atomic E-state index is 0.00178. The zero-order valence-electron chi connectivity index (χ0n) is 16.1. The molecule has 0 bridgehead atoms. The van der Waals surface area contributed by atoms with Crippen molar-refractivity contribution < 1.29 is 27.1 Å². The number of benzene rings is 2. The number of sulfonamides is 1. The molecule has 2 aromatic carbocycles. The van der Waals surface area contributed by atoms with E-state index in [-0.39, 0.29) is 34.3 Å². The molecule has 1 unspecified atom stereocenters. The molecule has 0 aliphatic carbocycles. The van der Waals surface area contributed by atoms with Crippen molar-refractivity contribution in [3.63, 3.8) is 0 Å². The number of carboxylic acids is 1. The van der Waals surface area contributed by atoms with Crippen molar-refractivity contribution in [3.8, 4) is 0 Å². The van der Waals surface area contributed by atoms with Crippen LogP contribution in [-0.4, -0.2) is 26.0 Å². The van der Waals surface area contributed by atoms with Gasteiger partial charge in [0.05, 0.1) is 17.0 Å². The summed E-state index contributed by atoms with van der Waals surface area (Å²) < 4.78 is 46.5. The summed E-state index contributed by atoms with van der Waals surface area (Å²) in [6.45, 7) is 3.27. The standard InChI is InChI=1S/C20H19FN2O6S/c1-3-22-30(27,28)18-10-17(24)15-9-12(21)8-14(19(15)29-18)11(2)23-16-7-5-4-6-13(16)20(25)26/h4-11,22-23H,3H2,1-2H3,(H,25,26). The Balaban J connectivity index is 2.17. The predicted molar refractivity (Wildman–Crippen MR) is 109 cm³/mol. The van der Waals surface area contributed by atoms with Crippen molar-refractivity contribution in [2.75, 3.05) is 11.9 Å². The number of nitrogens with one attached hydrogen (secondary N) is 2. The highest BCUT2D eigenvalue weighted by Crippen LogP contribution is 2.29. The summed E-state index contributed by atoms with van der Waals surface area (Å²) in [6, 6.07) is 8.29. The van der Waals surface area contributed by atoms with Gasteiger partial charge in [0.15, 0.2) is 5.43 Å². The molecule has 158 valence electrons. The van der Waals surface area contributed by atoms with Crippen LogP contribution in [0.3, 0.4) is 0 Å². The number of carbonyl (C=O) groups is 1. The van der Waals surface area contributed by atoms with Crippen molar-refractivity contribution in [2.24, 2.45) is 0 Å². The fourth-order valence-electron chi connectivity index (χ4n) is 3.05. The van der Waals surface area contributed by atoms with Gasteiger partial charge in [0.2, 0.25) is 5.09 Å². The lowest BCUT2D eigenvalue weighted by atomic mass is 10.0. The Labute approximate surface area is 171 Å². The second-order valence-corrected chi connectivity index (χ2v) is 8.22.